The van der Waals surface area contributed by atoms with Crippen molar-refractivity contribution in [3.8, 4) is 0 Å². The third-order valence-corrected chi connectivity index (χ3v) is 3.63. The van der Waals surface area contributed by atoms with Crippen LogP contribution in [0.2, 0.25) is 0 Å². The number of urea groups is 1. The van der Waals surface area contributed by atoms with Crippen molar-refractivity contribution in [2.24, 2.45) is 10.8 Å². The molecule has 0 aromatic heterocycles. The summed E-state index contributed by atoms with van der Waals surface area (Å²) < 4.78 is 0. The van der Waals surface area contributed by atoms with Gasteiger partial charge in [-0.25, -0.2) is 10.2 Å². The first-order valence-electron chi connectivity index (χ1n) is 7.21. The van der Waals surface area contributed by atoms with Crippen LogP contribution >= 0.6 is 0 Å². The number of nitrogens with one attached hydrogen (secondary N) is 1. The average Bonchev–Trinajstić information content (AvgIpc) is 2.91. The first kappa shape index (κ1) is 14.8. The monoisotopic (exact) mass is 308 g/mol. The number of amides is 3. The normalized spacial score (nSPS) is 19.1. The van der Waals surface area contributed by atoms with E-state index >= 15 is 0 Å². The zero-order valence-electron chi connectivity index (χ0n) is 12.3. The summed E-state index contributed by atoms with van der Waals surface area (Å²) in [4.78, 5) is 25.1. The molecule has 0 spiro atoms. The average molecular weight is 308 g/mol. The smallest absolute Gasteiger partial charge is 0.332 e. The van der Waals surface area contributed by atoms with Crippen LogP contribution in [0, 0.1) is 0 Å². The lowest BCUT2D eigenvalue weighted by molar-refractivity contribution is -0.116. The van der Waals surface area contributed by atoms with Crippen LogP contribution in [0.25, 0.3) is 0 Å². The molecule has 3 N–H and O–H groups in total. The van der Waals surface area contributed by atoms with Gasteiger partial charge in [0, 0.05) is 5.69 Å². The Bertz CT molecular complexity index is 744. The van der Waals surface area contributed by atoms with Crippen molar-refractivity contribution >= 4 is 23.3 Å². The van der Waals surface area contributed by atoms with E-state index in [0.717, 1.165) is 11.3 Å². The summed E-state index contributed by atoms with van der Waals surface area (Å²) in [5, 5.41) is 4.04. The highest BCUT2D eigenvalue weighted by Gasteiger charge is 2.38. The number of para-hydroxylation sites is 1. The second-order valence-corrected chi connectivity index (χ2v) is 5.17. The summed E-state index contributed by atoms with van der Waals surface area (Å²) in [5.74, 6) is -0.0740. The molecule has 2 aromatic carbocycles. The number of nitrogens with zero attached hydrogens (tertiary/aromatic N) is 2. The Morgan fingerprint density at radius 1 is 1.09 bits per heavy atom. The van der Waals surface area contributed by atoms with Crippen LogP contribution in [-0.4, -0.2) is 17.6 Å². The van der Waals surface area contributed by atoms with E-state index in [0.29, 0.717) is 5.71 Å². The van der Waals surface area contributed by atoms with E-state index in [-0.39, 0.29) is 18.4 Å². The van der Waals surface area contributed by atoms with Gasteiger partial charge < -0.3 is 5.73 Å². The van der Waals surface area contributed by atoms with Crippen molar-refractivity contribution in [3.63, 3.8) is 0 Å². The molecule has 0 saturated carbocycles. The van der Waals surface area contributed by atoms with Crippen molar-refractivity contribution < 1.29 is 9.59 Å². The van der Waals surface area contributed by atoms with Crippen LogP contribution in [0.5, 0.6) is 0 Å². The SMILES string of the molecule is NC(=O)N/N=C1/CC(=O)N(c2ccccc2)C1c1ccccc1. The van der Waals surface area contributed by atoms with Gasteiger partial charge in [-0.05, 0) is 17.7 Å². The third kappa shape index (κ3) is 3.06. The quantitative estimate of drug-likeness (QED) is 0.851. The number of hydrogen-bond acceptors (Lipinski definition) is 3. The van der Waals surface area contributed by atoms with Crippen molar-refractivity contribution in [2.75, 3.05) is 4.90 Å². The van der Waals surface area contributed by atoms with E-state index in [2.05, 4.69) is 10.5 Å². The summed E-state index contributed by atoms with van der Waals surface area (Å²) >= 11 is 0. The second kappa shape index (κ2) is 6.31. The fourth-order valence-corrected chi connectivity index (χ4v) is 2.72. The number of primary amides is 1. The number of anilines is 1. The highest BCUT2D eigenvalue weighted by atomic mass is 16.2. The summed E-state index contributed by atoms with van der Waals surface area (Å²) in [7, 11) is 0. The molecule has 2 aromatic rings. The van der Waals surface area contributed by atoms with Gasteiger partial charge in [0.15, 0.2) is 0 Å². The van der Waals surface area contributed by atoms with Crippen molar-refractivity contribution in [2.45, 2.75) is 12.5 Å². The summed E-state index contributed by atoms with van der Waals surface area (Å²) in [6.07, 6.45) is 0.134. The van der Waals surface area contributed by atoms with Gasteiger partial charge in [0.05, 0.1) is 12.1 Å². The maximum Gasteiger partial charge on any atom is 0.332 e. The van der Waals surface area contributed by atoms with Gasteiger partial charge in [0.25, 0.3) is 0 Å². The van der Waals surface area contributed by atoms with Crippen LogP contribution < -0.4 is 16.1 Å². The first-order valence-corrected chi connectivity index (χ1v) is 7.21. The van der Waals surface area contributed by atoms with Crippen LogP contribution in [0.15, 0.2) is 65.8 Å². The number of hydrogen-bond donors (Lipinski definition) is 2. The summed E-state index contributed by atoms with van der Waals surface area (Å²) in [6, 6.07) is 17.8. The van der Waals surface area contributed by atoms with Crippen molar-refractivity contribution in [1.82, 2.24) is 5.43 Å². The molecule has 3 rings (SSSR count). The van der Waals surface area contributed by atoms with E-state index in [4.69, 9.17) is 5.73 Å². The van der Waals surface area contributed by atoms with Gasteiger partial charge in [0.1, 0.15) is 6.04 Å². The molecule has 0 bridgehead atoms. The second-order valence-electron chi connectivity index (χ2n) is 5.17. The molecule has 1 aliphatic heterocycles. The lowest BCUT2D eigenvalue weighted by Crippen LogP contribution is -2.30. The van der Waals surface area contributed by atoms with Gasteiger partial charge in [-0.1, -0.05) is 48.5 Å². The zero-order chi connectivity index (χ0) is 16.2. The number of benzene rings is 2. The number of nitrogens with two attached hydrogens (primary N) is 1. The lowest BCUT2D eigenvalue weighted by atomic mass is 10.0. The third-order valence-electron chi connectivity index (χ3n) is 3.63. The summed E-state index contributed by atoms with van der Waals surface area (Å²) in [6.45, 7) is 0. The molecule has 0 radical (unpaired) electrons. The molecule has 1 fully saturated rings. The van der Waals surface area contributed by atoms with E-state index in [9.17, 15) is 9.59 Å². The van der Waals surface area contributed by atoms with Crippen molar-refractivity contribution in [1.29, 1.82) is 0 Å². The van der Waals surface area contributed by atoms with Crippen LogP contribution in [0.3, 0.4) is 0 Å². The number of carbonyl (C=O) groups excluding carboxylic acids is 2. The minimum Gasteiger partial charge on any atom is -0.350 e. The molecule has 0 aliphatic carbocycles. The topological polar surface area (TPSA) is 87.8 Å². The molecule has 23 heavy (non-hydrogen) atoms. The lowest BCUT2D eigenvalue weighted by Gasteiger charge is -2.25. The first-order chi connectivity index (χ1) is 11.2. The highest BCUT2D eigenvalue weighted by molar-refractivity contribution is 6.19. The van der Waals surface area contributed by atoms with Gasteiger partial charge in [0.2, 0.25) is 5.91 Å². The summed E-state index contributed by atoms with van der Waals surface area (Å²) in [5.41, 5.74) is 9.58. The van der Waals surface area contributed by atoms with Gasteiger partial charge in [-0.3, -0.25) is 9.69 Å². The molecule has 6 nitrogen and oxygen atoms in total. The van der Waals surface area contributed by atoms with Gasteiger partial charge in [-0.2, -0.15) is 5.10 Å². The van der Waals surface area contributed by atoms with Gasteiger partial charge >= 0.3 is 6.03 Å². The molecule has 1 unspecified atom stereocenters. The molecule has 6 heteroatoms. The molecular formula is C17H16N4O2. The predicted octanol–water partition coefficient (Wildman–Crippen LogP) is 2.19. The van der Waals surface area contributed by atoms with Crippen LogP contribution in [0.4, 0.5) is 10.5 Å². The Labute approximate surface area is 133 Å². The van der Waals surface area contributed by atoms with E-state index < -0.39 is 6.03 Å². The molecular weight excluding hydrogens is 292 g/mol. The fourth-order valence-electron chi connectivity index (χ4n) is 2.72. The number of carbonyl (C=O) groups is 2. The Kier molecular flexibility index (Phi) is 4.05. The number of rotatable bonds is 3. The molecule has 1 atom stereocenters. The van der Waals surface area contributed by atoms with E-state index in [1.165, 1.54) is 0 Å². The van der Waals surface area contributed by atoms with Gasteiger partial charge in [-0.15, -0.1) is 0 Å². The molecule has 3 amide bonds. The van der Waals surface area contributed by atoms with Crippen LogP contribution in [0.1, 0.15) is 18.0 Å². The largest absolute Gasteiger partial charge is 0.350 e. The van der Waals surface area contributed by atoms with E-state index in [1.54, 1.807) is 4.90 Å². The highest BCUT2D eigenvalue weighted by Crippen LogP contribution is 2.35. The van der Waals surface area contributed by atoms with Crippen molar-refractivity contribution in [3.05, 3.63) is 66.2 Å². The molecule has 1 saturated heterocycles. The molecule has 1 heterocycles. The Balaban J connectivity index is 2.05. The Morgan fingerprint density at radius 3 is 2.30 bits per heavy atom. The maximum absolute atomic E-state index is 12.5. The Morgan fingerprint density at radius 2 is 1.70 bits per heavy atom. The standard InChI is InChI=1S/C17H16N4O2/c18-17(23)20-19-14-11-15(22)21(13-9-5-2-6-10-13)16(14)12-7-3-1-4-8-12/h1-10,16H,11H2,(H3,18,20,23)/b19-14-. The maximum atomic E-state index is 12.5. The number of hydrazone groups is 1. The minimum absolute atomic E-state index is 0.0740. The Hall–Kier alpha value is -3.15. The molecule has 1 aliphatic rings. The minimum atomic E-state index is -0.755. The predicted molar refractivity (Wildman–Crippen MR) is 87.9 cm³/mol. The fraction of sp³-hybridized carbons (Fsp3) is 0.118. The zero-order valence-corrected chi connectivity index (χ0v) is 12.3. The van der Waals surface area contributed by atoms with Crippen LogP contribution in [-0.2, 0) is 4.79 Å². The van der Waals surface area contributed by atoms with E-state index in [1.807, 2.05) is 60.7 Å². The molecule has 116 valence electrons.